The van der Waals surface area contributed by atoms with Crippen molar-refractivity contribution in [3.8, 4) is 11.1 Å². The third-order valence-electron chi connectivity index (χ3n) is 11.8. The molecule has 0 heterocycles. The number of hydrogen-bond donors (Lipinski definition) is 0. The molecule has 0 heteroatoms. The summed E-state index contributed by atoms with van der Waals surface area (Å²) in [6.07, 6.45) is 13.8. The summed E-state index contributed by atoms with van der Waals surface area (Å²) in [7, 11) is 0. The number of benzene rings is 8. The molecular formula is C54H42. The maximum Gasteiger partial charge on any atom is 0.0352 e. The molecule has 0 spiro atoms. The Kier molecular flexibility index (Phi) is 8.38. The highest BCUT2D eigenvalue weighted by molar-refractivity contribution is 5.93. The first-order chi connectivity index (χ1) is 26.8. The van der Waals surface area contributed by atoms with E-state index in [0.717, 1.165) is 25.7 Å². The van der Waals surface area contributed by atoms with Gasteiger partial charge < -0.3 is 0 Å². The molecule has 0 saturated heterocycles. The normalized spacial score (nSPS) is 14.4. The fourth-order valence-corrected chi connectivity index (χ4v) is 9.29. The molecule has 0 bridgehead atoms. The number of hydrogen-bond acceptors (Lipinski definition) is 0. The second-order valence-corrected chi connectivity index (χ2v) is 15.0. The van der Waals surface area contributed by atoms with Crippen molar-refractivity contribution in [3.63, 3.8) is 0 Å². The van der Waals surface area contributed by atoms with Crippen LogP contribution in [0.5, 0.6) is 0 Å². The first-order valence-electron chi connectivity index (χ1n) is 19.5. The third kappa shape index (κ3) is 5.80. The molecule has 0 aliphatic heterocycles. The van der Waals surface area contributed by atoms with E-state index < -0.39 is 0 Å². The maximum absolute atomic E-state index is 2.42. The summed E-state index contributed by atoms with van der Waals surface area (Å²) in [6.45, 7) is 0. The first-order valence-corrected chi connectivity index (χ1v) is 19.5. The molecule has 0 aromatic heterocycles. The largest absolute Gasteiger partial charge is 0.0836 e. The van der Waals surface area contributed by atoms with Crippen molar-refractivity contribution in [3.05, 3.63) is 238 Å². The summed E-state index contributed by atoms with van der Waals surface area (Å²) >= 11 is 0. The van der Waals surface area contributed by atoms with Gasteiger partial charge in [-0.05, 0) is 114 Å². The van der Waals surface area contributed by atoms with Gasteiger partial charge in [-0.25, -0.2) is 0 Å². The standard InChI is InChI=1S/C54H42/c1-3-15-39(16-4-1)51(53-47-23-11-7-19-43(47)35-44-20-8-12-24-48(44)53)41-31-27-37(28-32-41)38-29-33-42(34-30-38)52(40-17-5-2-6-18-40)54-49-25-13-9-21-45(49)36-46-22-10-14-26-50(46)54/h1-7,9,11-19,21,23-36,51-52H,8,10,20,22H2. The van der Waals surface area contributed by atoms with E-state index in [1.807, 2.05) is 0 Å². The van der Waals surface area contributed by atoms with Crippen molar-refractivity contribution in [1.82, 2.24) is 0 Å². The van der Waals surface area contributed by atoms with Crippen LogP contribution in [0.2, 0.25) is 0 Å². The highest BCUT2D eigenvalue weighted by atomic mass is 14.3. The molecule has 0 N–H and O–H groups in total. The monoisotopic (exact) mass is 690 g/mol. The summed E-state index contributed by atoms with van der Waals surface area (Å²) in [5.41, 5.74) is 16.3. The average molecular weight is 691 g/mol. The van der Waals surface area contributed by atoms with Gasteiger partial charge in [0, 0.05) is 11.8 Å². The molecule has 10 rings (SSSR count). The van der Waals surface area contributed by atoms with E-state index in [1.54, 1.807) is 0 Å². The second kappa shape index (κ2) is 14.0. The highest BCUT2D eigenvalue weighted by Gasteiger charge is 2.26. The quantitative estimate of drug-likeness (QED) is 0.146. The van der Waals surface area contributed by atoms with Gasteiger partial charge in [-0.2, -0.15) is 0 Å². The van der Waals surface area contributed by atoms with Crippen LogP contribution >= 0.6 is 0 Å². The zero-order chi connectivity index (χ0) is 35.8. The predicted octanol–water partition coefficient (Wildman–Crippen LogP) is 13.9. The smallest absolute Gasteiger partial charge is 0.0352 e. The number of aryl methyl sites for hydroxylation is 2. The van der Waals surface area contributed by atoms with Crippen molar-refractivity contribution in [2.24, 2.45) is 0 Å². The first kappa shape index (κ1) is 32.4. The zero-order valence-electron chi connectivity index (χ0n) is 30.5. The minimum atomic E-state index is 0.123. The summed E-state index contributed by atoms with van der Waals surface area (Å²) in [4.78, 5) is 0. The molecule has 0 fully saturated rings. The number of rotatable bonds is 7. The molecular weight excluding hydrogens is 649 g/mol. The molecule has 8 aromatic carbocycles. The molecule has 2 aliphatic carbocycles. The maximum atomic E-state index is 2.42. The SMILES string of the molecule is C1=Cc2c(cc3ccccc3c2C(c2ccccc2)c2ccc(-c3ccc(C(c4ccccc4)c4c5c(cc6ccccc46)CCC=C5)cc3)cc2)CC1. The average Bonchev–Trinajstić information content (AvgIpc) is 3.24. The van der Waals surface area contributed by atoms with Crippen molar-refractivity contribution < 1.29 is 0 Å². The molecule has 258 valence electrons. The van der Waals surface area contributed by atoms with E-state index in [2.05, 4.69) is 194 Å². The highest BCUT2D eigenvalue weighted by Crippen LogP contribution is 2.44. The van der Waals surface area contributed by atoms with Crippen molar-refractivity contribution in [1.29, 1.82) is 0 Å². The van der Waals surface area contributed by atoms with Gasteiger partial charge in [-0.15, -0.1) is 0 Å². The topological polar surface area (TPSA) is 0 Å². The zero-order valence-corrected chi connectivity index (χ0v) is 30.5. The van der Waals surface area contributed by atoms with E-state index >= 15 is 0 Å². The molecule has 0 saturated carbocycles. The van der Waals surface area contributed by atoms with Crippen LogP contribution in [0.1, 0.15) is 80.3 Å². The van der Waals surface area contributed by atoms with Gasteiger partial charge >= 0.3 is 0 Å². The van der Waals surface area contributed by atoms with E-state index in [0.29, 0.717) is 0 Å². The lowest BCUT2D eigenvalue weighted by Crippen LogP contribution is -2.10. The molecule has 2 atom stereocenters. The molecule has 8 aromatic rings. The summed E-state index contributed by atoms with van der Waals surface area (Å²) in [5, 5.41) is 5.33. The van der Waals surface area contributed by atoms with Gasteiger partial charge in [0.05, 0.1) is 0 Å². The van der Waals surface area contributed by atoms with Gasteiger partial charge in [0.2, 0.25) is 0 Å². The van der Waals surface area contributed by atoms with Crippen LogP contribution in [0.3, 0.4) is 0 Å². The van der Waals surface area contributed by atoms with E-state index in [9.17, 15) is 0 Å². The molecule has 0 nitrogen and oxygen atoms in total. The molecule has 0 amide bonds. The van der Waals surface area contributed by atoms with Crippen molar-refractivity contribution in [2.75, 3.05) is 0 Å². The van der Waals surface area contributed by atoms with Gasteiger partial charge in [-0.3, -0.25) is 0 Å². The Labute approximate surface area is 318 Å². The van der Waals surface area contributed by atoms with Crippen LogP contribution in [0.4, 0.5) is 0 Å². The molecule has 0 radical (unpaired) electrons. The van der Waals surface area contributed by atoms with E-state index in [4.69, 9.17) is 0 Å². The minimum Gasteiger partial charge on any atom is -0.0836 e. The third-order valence-corrected chi connectivity index (χ3v) is 11.8. The van der Waals surface area contributed by atoms with Gasteiger partial charge in [0.25, 0.3) is 0 Å². The minimum absolute atomic E-state index is 0.123. The Morgan fingerprint density at radius 1 is 0.352 bits per heavy atom. The molecule has 2 unspecified atom stereocenters. The van der Waals surface area contributed by atoms with Crippen molar-refractivity contribution in [2.45, 2.75) is 37.5 Å². The molecule has 54 heavy (non-hydrogen) atoms. The Balaban J connectivity index is 1.06. The summed E-state index contributed by atoms with van der Waals surface area (Å²) in [6, 6.07) is 63.6. The fourth-order valence-electron chi connectivity index (χ4n) is 9.29. The van der Waals surface area contributed by atoms with Crippen LogP contribution in [-0.4, -0.2) is 0 Å². The number of fused-ring (bicyclic) bond motifs is 4. The Morgan fingerprint density at radius 2 is 0.722 bits per heavy atom. The van der Waals surface area contributed by atoms with E-state index in [1.165, 1.54) is 88.3 Å². The summed E-state index contributed by atoms with van der Waals surface area (Å²) < 4.78 is 0. The Hall–Kier alpha value is -6.24. The lowest BCUT2D eigenvalue weighted by atomic mass is 9.77. The lowest BCUT2D eigenvalue weighted by Gasteiger charge is -2.27. The van der Waals surface area contributed by atoms with E-state index in [-0.39, 0.29) is 11.8 Å². The number of allylic oxidation sites excluding steroid dienone is 2. The van der Waals surface area contributed by atoms with Crippen molar-refractivity contribution >= 4 is 33.7 Å². The predicted molar refractivity (Wildman–Crippen MR) is 229 cm³/mol. The second-order valence-electron chi connectivity index (χ2n) is 15.0. The van der Waals surface area contributed by atoms with Crippen LogP contribution in [0.25, 0.3) is 44.8 Å². The fraction of sp³-hybridized carbons (Fsp3) is 0.111. The molecule has 2 aliphatic rings. The Bertz CT molecular complexity index is 2490. The Morgan fingerprint density at radius 3 is 1.15 bits per heavy atom. The van der Waals surface area contributed by atoms with Crippen LogP contribution in [0, 0.1) is 0 Å². The lowest BCUT2D eigenvalue weighted by molar-refractivity contribution is 0.944. The van der Waals surface area contributed by atoms with Crippen LogP contribution in [-0.2, 0) is 12.8 Å². The van der Waals surface area contributed by atoms with Gasteiger partial charge in [0.15, 0.2) is 0 Å². The van der Waals surface area contributed by atoms with Gasteiger partial charge in [-0.1, -0.05) is 194 Å². The summed E-state index contributed by atoms with van der Waals surface area (Å²) in [5.74, 6) is 0.245. The van der Waals surface area contributed by atoms with Crippen LogP contribution < -0.4 is 0 Å². The van der Waals surface area contributed by atoms with Crippen LogP contribution in [0.15, 0.2) is 182 Å². The van der Waals surface area contributed by atoms with Gasteiger partial charge in [0.1, 0.15) is 0 Å².